The molecule has 2 heterocycles. The maximum atomic E-state index is 5.60. The predicted molar refractivity (Wildman–Crippen MR) is 47.5 cm³/mol. The normalized spacial score (nSPS) is 15.7. The Bertz CT molecular complexity index is 239. The van der Waals surface area contributed by atoms with Gasteiger partial charge in [-0.25, -0.2) is 0 Å². The van der Waals surface area contributed by atoms with Crippen molar-refractivity contribution in [1.29, 1.82) is 0 Å². The maximum Gasteiger partial charge on any atom is 0.136 e. The molecule has 0 fully saturated rings. The quantitative estimate of drug-likeness (QED) is 0.626. The minimum absolute atomic E-state index is 0.913. The van der Waals surface area contributed by atoms with Crippen LogP contribution in [0.1, 0.15) is 23.8 Å². The fourth-order valence-corrected chi connectivity index (χ4v) is 2.43. The Hall–Kier alpha value is -0.500. The van der Waals surface area contributed by atoms with E-state index in [0.717, 1.165) is 13.0 Å². The van der Waals surface area contributed by atoms with Gasteiger partial charge in [-0.15, -0.1) is 11.3 Å². The number of fused-ring (bicyclic) bond motifs is 1. The summed E-state index contributed by atoms with van der Waals surface area (Å²) in [4.78, 5) is 1.42. The smallest absolute Gasteiger partial charge is 0.136 e. The average Bonchev–Trinajstić information content (AvgIpc) is 2.47. The zero-order valence-electron chi connectivity index (χ0n) is 6.72. The molecule has 1 nitrogen and oxygen atoms in total. The van der Waals surface area contributed by atoms with Crippen molar-refractivity contribution in [3.8, 4) is 5.75 Å². The van der Waals surface area contributed by atoms with E-state index in [1.54, 1.807) is 0 Å². The number of thiophene rings is 1. The van der Waals surface area contributed by atoms with E-state index in [0.29, 0.717) is 0 Å². The largest absolute Gasteiger partial charge is 0.492 e. The number of rotatable bonds is 1. The summed E-state index contributed by atoms with van der Waals surface area (Å²) in [6, 6.07) is 0. The third-order valence-corrected chi connectivity index (χ3v) is 3.21. The van der Waals surface area contributed by atoms with Crippen molar-refractivity contribution in [2.75, 3.05) is 6.61 Å². The van der Waals surface area contributed by atoms with Crippen LogP contribution < -0.4 is 4.74 Å². The van der Waals surface area contributed by atoms with Crippen LogP contribution in [0, 0.1) is 0 Å². The van der Waals surface area contributed by atoms with Crippen LogP contribution >= 0.6 is 11.3 Å². The standard InChI is InChI=1S/C9H12OS/c1-2-8-9-7(6-11-8)4-3-5-10-9/h6H,2-5H2,1H3. The van der Waals surface area contributed by atoms with E-state index in [1.807, 2.05) is 11.3 Å². The van der Waals surface area contributed by atoms with Crippen molar-refractivity contribution in [3.63, 3.8) is 0 Å². The molecule has 1 aliphatic rings. The lowest BCUT2D eigenvalue weighted by Crippen LogP contribution is -2.07. The number of aryl methyl sites for hydroxylation is 2. The second-order valence-corrected chi connectivity index (χ2v) is 3.78. The Morgan fingerprint density at radius 3 is 3.36 bits per heavy atom. The first-order valence-electron chi connectivity index (χ1n) is 4.14. The SMILES string of the molecule is CCc1scc2c1OCCC2. The second kappa shape index (κ2) is 2.86. The van der Waals surface area contributed by atoms with Gasteiger partial charge in [0.15, 0.2) is 0 Å². The number of hydrogen-bond donors (Lipinski definition) is 0. The highest BCUT2D eigenvalue weighted by atomic mass is 32.1. The lowest BCUT2D eigenvalue weighted by Gasteiger charge is -2.14. The molecule has 0 bridgehead atoms. The topological polar surface area (TPSA) is 9.23 Å². The highest BCUT2D eigenvalue weighted by Crippen LogP contribution is 2.34. The fraction of sp³-hybridized carbons (Fsp3) is 0.556. The summed E-state index contributed by atoms with van der Waals surface area (Å²) >= 11 is 1.84. The van der Waals surface area contributed by atoms with Gasteiger partial charge in [0.2, 0.25) is 0 Å². The van der Waals surface area contributed by atoms with Gasteiger partial charge in [-0.1, -0.05) is 6.92 Å². The van der Waals surface area contributed by atoms with E-state index in [-0.39, 0.29) is 0 Å². The first kappa shape index (κ1) is 7.17. The Kier molecular flexibility index (Phi) is 1.86. The molecule has 2 heteroatoms. The monoisotopic (exact) mass is 168 g/mol. The Balaban J connectivity index is 2.38. The van der Waals surface area contributed by atoms with Gasteiger partial charge in [0.1, 0.15) is 5.75 Å². The molecular formula is C9H12OS. The highest BCUT2D eigenvalue weighted by Gasteiger charge is 2.15. The molecule has 0 atom stereocenters. The van der Waals surface area contributed by atoms with Gasteiger partial charge in [0.05, 0.1) is 6.61 Å². The van der Waals surface area contributed by atoms with Crippen LogP contribution in [0.4, 0.5) is 0 Å². The number of ether oxygens (including phenoxy) is 1. The van der Waals surface area contributed by atoms with Gasteiger partial charge in [-0.05, 0) is 24.6 Å². The lowest BCUT2D eigenvalue weighted by atomic mass is 10.1. The Morgan fingerprint density at radius 1 is 1.64 bits per heavy atom. The average molecular weight is 168 g/mol. The molecule has 2 rings (SSSR count). The van der Waals surface area contributed by atoms with E-state index in [1.165, 1.54) is 29.0 Å². The van der Waals surface area contributed by atoms with Crippen molar-refractivity contribution < 1.29 is 4.74 Å². The molecule has 11 heavy (non-hydrogen) atoms. The first-order valence-corrected chi connectivity index (χ1v) is 5.02. The lowest BCUT2D eigenvalue weighted by molar-refractivity contribution is 0.287. The maximum absolute atomic E-state index is 5.60. The van der Waals surface area contributed by atoms with E-state index in [9.17, 15) is 0 Å². The van der Waals surface area contributed by atoms with Gasteiger partial charge >= 0.3 is 0 Å². The summed E-state index contributed by atoms with van der Waals surface area (Å²) in [5.74, 6) is 1.20. The highest BCUT2D eigenvalue weighted by molar-refractivity contribution is 7.10. The first-order chi connectivity index (χ1) is 5.42. The minimum atomic E-state index is 0.913. The van der Waals surface area contributed by atoms with E-state index < -0.39 is 0 Å². The Morgan fingerprint density at radius 2 is 2.55 bits per heavy atom. The Labute approximate surface area is 71.0 Å². The molecule has 0 amide bonds. The summed E-state index contributed by atoms with van der Waals surface area (Å²) in [7, 11) is 0. The molecule has 0 aromatic carbocycles. The van der Waals surface area contributed by atoms with E-state index in [2.05, 4.69) is 12.3 Å². The molecule has 0 N–H and O–H groups in total. The molecule has 60 valence electrons. The molecule has 0 saturated carbocycles. The van der Waals surface area contributed by atoms with Gasteiger partial charge in [-0.2, -0.15) is 0 Å². The van der Waals surface area contributed by atoms with Crippen LogP contribution in [0.2, 0.25) is 0 Å². The molecule has 0 saturated heterocycles. The molecule has 1 aromatic heterocycles. The summed E-state index contributed by atoms with van der Waals surface area (Å²) in [5, 5.41) is 2.24. The van der Waals surface area contributed by atoms with Gasteiger partial charge < -0.3 is 4.74 Å². The molecule has 1 aromatic rings. The molecule has 0 unspecified atom stereocenters. The molecule has 0 aliphatic carbocycles. The third-order valence-electron chi connectivity index (χ3n) is 2.05. The van der Waals surface area contributed by atoms with Gasteiger partial charge in [0, 0.05) is 10.4 Å². The van der Waals surface area contributed by atoms with Crippen molar-refractivity contribution in [2.45, 2.75) is 26.2 Å². The molecule has 0 spiro atoms. The zero-order valence-corrected chi connectivity index (χ0v) is 7.54. The van der Waals surface area contributed by atoms with Crippen LogP contribution in [-0.2, 0) is 12.8 Å². The summed E-state index contributed by atoms with van der Waals surface area (Å²) in [5.41, 5.74) is 1.43. The fourth-order valence-electron chi connectivity index (χ4n) is 1.45. The van der Waals surface area contributed by atoms with Crippen molar-refractivity contribution in [1.82, 2.24) is 0 Å². The van der Waals surface area contributed by atoms with Crippen LogP contribution in [-0.4, -0.2) is 6.61 Å². The summed E-state index contributed by atoms with van der Waals surface area (Å²) < 4.78 is 5.60. The summed E-state index contributed by atoms with van der Waals surface area (Å²) in [6.07, 6.45) is 3.51. The van der Waals surface area contributed by atoms with E-state index >= 15 is 0 Å². The van der Waals surface area contributed by atoms with Crippen molar-refractivity contribution in [2.24, 2.45) is 0 Å². The van der Waals surface area contributed by atoms with Crippen molar-refractivity contribution >= 4 is 11.3 Å². The van der Waals surface area contributed by atoms with Gasteiger partial charge in [0.25, 0.3) is 0 Å². The minimum Gasteiger partial charge on any atom is -0.492 e. The summed E-state index contributed by atoms with van der Waals surface area (Å²) in [6.45, 7) is 3.10. The molecule has 1 aliphatic heterocycles. The predicted octanol–water partition coefficient (Wildman–Crippen LogP) is 2.64. The van der Waals surface area contributed by atoms with Crippen molar-refractivity contribution in [3.05, 3.63) is 15.8 Å². The van der Waals surface area contributed by atoms with Crippen LogP contribution in [0.15, 0.2) is 5.38 Å². The van der Waals surface area contributed by atoms with Crippen LogP contribution in [0.5, 0.6) is 5.75 Å². The molecule has 0 radical (unpaired) electrons. The molecular weight excluding hydrogens is 156 g/mol. The van der Waals surface area contributed by atoms with Crippen LogP contribution in [0.25, 0.3) is 0 Å². The zero-order chi connectivity index (χ0) is 7.68. The second-order valence-electron chi connectivity index (χ2n) is 2.82. The third kappa shape index (κ3) is 1.16. The van der Waals surface area contributed by atoms with E-state index in [4.69, 9.17) is 4.74 Å². The number of hydrogen-bond acceptors (Lipinski definition) is 2. The van der Waals surface area contributed by atoms with Crippen LogP contribution in [0.3, 0.4) is 0 Å². The van der Waals surface area contributed by atoms with Gasteiger partial charge in [-0.3, -0.25) is 0 Å².